The van der Waals surface area contributed by atoms with E-state index in [0.29, 0.717) is 12.8 Å². The third-order valence-electron chi connectivity index (χ3n) is 2.41. The topological polar surface area (TPSA) is 95.1 Å². The number of hydrogen-bond donors (Lipinski definition) is 3. The van der Waals surface area contributed by atoms with Crippen LogP contribution in [0.3, 0.4) is 0 Å². The molecule has 0 bridgehead atoms. The lowest BCUT2D eigenvalue weighted by atomic mass is 9.80. The van der Waals surface area contributed by atoms with E-state index >= 15 is 0 Å². The van der Waals surface area contributed by atoms with Crippen molar-refractivity contribution < 1.29 is 4.79 Å². The highest BCUT2D eigenvalue weighted by atomic mass is 16.1. The van der Waals surface area contributed by atoms with Crippen LogP contribution in [0.15, 0.2) is 0 Å². The average molecular weight is 157 g/mol. The molecule has 0 unspecified atom stereocenters. The van der Waals surface area contributed by atoms with E-state index in [1.54, 1.807) is 0 Å². The summed E-state index contributed by atoms with van der Waals surface area (Å²) in [6, 6.07) is 0.200. The van der Waals surface area contributed by atoms with Gasteiger partial charge in [-0.2, -0.15) is 0 Å². The standard InChI is InChI=1S/C7H15N3O/c8-5-1-3-7(10,4-2-5)6(9)11/h5H,1-4,8,10H2,(H2,9,11). The molecule has 1 rings (SSSR count). The van der Waals surface area contributed by atoms with Crippen molar-refractivity contribution in [2.45, 2.75) is 37.3 Å². The van der Waals surface area contributed by atoms with Crippen LogP contribution >= 0.6 is 0 Å². The van der Waals surface area contributed by atoms with Crippen LogP contribution in [0.2, 0.25) is 0 Å². The fourth-order valence-electron chi connectivity index (χ4n) is 1.40. The number of nitrogens with two attached hydrogens (primary N) is 3. The van der Waals surface area contributed by atoms with Crippen molar-refractivity contribution in [1.29, 1.82) is 0 Å². The molecular formula is C7H15N3O. The number of primary amides is 1. The minimum absolute atomic E-state index is 0.200. The Labute approximate surface area is 66.1 Å². The zero-order chi connectivity index (χ0) is 8.48. The lowest BCUT2D eigenvalue weighted by Crippen LogP contribution is -2.55. The molecule has 64 valence electrons. The van der Waals surface area contributed by atoms with Crippen LogP contribution < -0.4 is 17.2 Å². The molecule has 11 heavy (non-hydrogen) atoms. The van der Waals surface area contributed by atoms with Gasteiger partial charge in [0.15, 0.2) is 0 Å². The highest BCUT2D eigenvalue weighted by Crippen LogP contribution is 2.24. The second-order valence-corrected chi connectivity index (χ2v) is 3.36. The van der Waals surface area contributed by atoms with Gasteiger partial charge < -0.3 is 17.2 Å². The predicted octanol–water partition coefficient (Wildman–Crippen LogP) is -0.929. The first-order valence-electron chi connectivity index (χ1n) is 3.89. The smallest absolute Gasteiger partial charge is 0.237 e. The summed E-state index contributed by atoms with van der Waals surface area (Å²) in [6.45, 7) is 0. The molecule has 0 aliphatic heterocycles. The third-order valence-corrected chi connectivity index (χ3v) is 2.41. The van der Waals surface area contributed by atoms with Crippen molar-refractivity contribution >= 4 is 5.91 Å². The van der Waals surface area contributed by atoms with Gasteiger partial charge in [-0.05, 0) is 25.7 Å². The van der Waals surface area contributed by atoms with E-state index in [9.17, 15) is 4.79 Å². The molecule has 1 aliphatic carbocycles. The largest absolute Gasteiger partial charge is 0.368 e. The molecule has 6 N–H and O–H groups in total. The van der Waals surface area contributed by atoms with E-state index < -0.39 is 11.4 Å². The highest BCUT2D eigenvalue weighted by molar-refractivity contribution is 5.84. The number of amides is 1. The molecule has 1 amide bonds. The number of rotatable bonds is 1. The number of hydrogen-bond acceptors (Lipinski definition) is 3. The summed E-state index contributed by atoms with van der Waals surface area (Å²) in [6.07, 6.45) is 2.87. The Balaban J connectivity index is 2.55. The van der Waals surface area contributed by atoms with Gasteiger partial charge >= 0.3 is 0 Å². The van der Waals surface area contributed by atoms with Gasteiger partial charge in [-0.1, -0.05) is 0 Å². The van der Waals surface area contributed by atoms with Crippen molar-refractivity contribution in [3.05, 3.63) is 0 Å². The second-order valence-electron chi connectivity index (χ2n) is 3.36. The van der Waals surface area contributed by atoms with Gasteiger partial charge in [0.05, 0.1) is 5.54 Å². The molecule has 4 heteroatoms. The van der Waals surface area contributed by atoms with E-state index in [0.717, 1.165) is 12.8 Å². The summed E-state index contributed by atoms with van der Waals surface area (Å²) >= 11 is 0. The summed E-state index contributed by atoms with van der Waals surface area (Å²) in [5.74, 6) is -0.399. The summed E-state index contributed by atoms with van der Waals surface area (Å²) < 4.78 is 0. The Morgan fingerprint density at radius 1 is 1.36 bits per heavy atom. The number of carbonyl (C=O) groups is 1. The van der Waals surface area contributed by atoms with Crippen LogP contribution in [0.1, 0.15) is 25.7 Å². The molecule has 0 spiro atoms. The first kappa shape index (κ1) is 8.49. The maximum atomic E-state index is 10.8. The average Bonchev–Trinajstić information content (AvgIpc) is 1.95. The molecule has 0 aromatic carbocycles. The monoisotopic (exact) mass is 157 g/mol. The van der Waals surface area contributed by atoms with Crippen molar-refractivity contribution in [3.8, 4) is 0 Å². The molecular weight excluding hydrogens is 142 g/mol. The summed E-state index contributed by atoms with van der Waals surface area (Å²) in [5, 5.41) is 0. The van der Waals surface area contributed by atoms with Gasteiger partial charge in [0.25, 0.3) is 0 Å². The van der Waals surface area contributed by atoms with Crippen molar-refractivity contribution in [1.82, 2.24) is 0 Å². The quantitative estimate of drug-likeness (QED) is 0.459. The minimum atomic E-state index is -0.782. The van der Waals surface area contributed by atoms with E-state index in [-0.39, 0.29) is 6.04 Å². The molecule has 0 aromatic heterocycles. The Morgan fingerprint density at radius 3 is 2.18 bits per heavy atom. The molecule has 0 saturated heterocycles. The van der Waals surface area contributed by atoms with Crippen LogP contribution in [0.4, 0.5) is 0 Å². The summed E-state index contributed by atoms with van der Waals surface area (Å²) in [5.41, 5.74) is 15.7. The zero-order valence-corrected chi connectivity index (χ0v) is 6.55. The van der Waals surface area contributed by atoms with E-state index in [2.05, 4.69) is 0 Å². The second kappa shape index (κ2) is 2.79. The minimum Gasteiger partial charge on any atom is -0.368 e. The Hall–Kier alpha value is -0.610. The Bertz CT molecular complexity index is 161. The molecule has 1 fully saturated rings. The van der Waals surface area contributed by atoms with Gasteiger partial charge in [-0.25, -0.2) is 0 Å². The van der Waals surface area contributed by atoms with Crippen LogP contribution in [-0.4, -0.2) is 17.5 Å². The Morgan fingerprint density at radius 2 is 1.82 bits per heavy atom. The SMILES string of the molecule is NC(=O)C1(N)CCC(N)CC1. The molecule has 0 aromatic rings. The maximum Gasteiger partial charge on any atom is 0.237 e. The van der Waals surface area contributed by atoms with Crippen molar-refractivity contribution in [2.75, 3.05) is 0 Å². The molecule has 4 nitrogen and oxygen atoms in total. The highest BCUT2D eigenvalue weighted by Gasteiger charge is 2.35. The van der Waals surface area contributed by atoms with E-state index in [1.807, 2.05) is 0 Å². The van der Waals surface area contributed by atoms with Crippen LogP contribution in [0.5, 0.6) is 0 Å². The zero-order valence-electron chi connectivity index (χ0n) is 6.55. The van der Waals surface area contributed by atoms with Crippen LogP contribution in [0, 0.1) is 0 Å². The fourth-order valence-corrected chi connectivity index (χ4v) is 1.40. The molecule has 0 radical (unpaired) electrons. The third kappa shape index (κ3) is 1.70. The maximum absolute atomic E-state index is 10.8. The lowest BCUT2D eigenvalue weighted by Gasteiger charge is -2.32. The molecule has 0 heterocycles. The predicted molar refractivity (Wildman–Crippen MR) is 42.6 cm³/mol. The molecule has 1 aliphatic rings. The van der Waals surface area contributed by atoms with E-state index in [4.69, 9.17) is 17.2 Å². The summed E-state index contributed by atoms with van der Waals surface area (Å²) in [7, 11) is 0. The Kier molecular flexibility index (Phi) is 2.15. The lowest BCUT2D eigenvalue weighted by molar-refractivity contribution is -0.124. The van der Waals surface area contributed by atoms with Gasteiger partial charge in [-0.15, -0.1) is 0 Å². The van der Waals surface area contributed by atoms with Gasteiger partial charge in [0.1, 0.15) is 0 Å². The van der Waals surface area contributed by atoms with Gasteiger partial charge in [-0.3, -0.25) is 4.79 Å². The first-order valence-corrected chi connectivity index (χ1v) is 3.89. The van der Waals surface area contributed by atoms with Crippen LogP contribution in [-0.2, 0) is 4.79 Å². The fraction of sp³-hybridized carbons (Fsp3) is 0.857. The van der Waals surface area contributed by atoms with Crippen molar-refractivity contribution in [3.63, 3.8) is 0 Å². The van der Waals surface area contributed by atoms with Gasteiger partial charge in [0.2, 0.25) is 5.91 Å². The van der Waals surface area contributed by atoms with Gasteiger partial charge in [0, 0.05) is 6.04 Å². The molecule has 1 saturated carbocycles. The first-order chi connectivity index (χ1) is 5.04. The molecule has 0 atom stereocenters. The number of carbonyl (C=O) groups excluding carboxylic acids is 1. The van der Waals surface area contributed by atoms with Crippen LogP contribution in [0.25, 0.3) is 0 Å². The summed E-state index contributed by atoms with van der Waals surface area (Å²) in [4.78, 5) is 10.8. The normalized spacial score (nSPS) is 38.5. The van der Waals surface area contributed by atoms with E-state index in [1.165, 1.54) is 0 Å². The van der Waals surface area contributed by atoms with Crippen molar-refractivity contribution in [2.24, 2.45) is 17.2 Å².